The summed E-state index contributed by atoms with van der Waals surface area (Å²) in [7, 11) is 0. The molecule has 2 aliphatic rings. The molecule has 1 aromatic carbocycles. The van der Waals surface area contributed by atoms with Gasteiger partial charge in [-0.3, -0.25) is 4.90 Å². The first-order chi connectivity index (χ1) is 11.6. The van der Waals surface area contributed by atoms with Gasteiger partial charge in [0.25, 0.3) is 0 Å². The quantitative estimate of drug-likeness (QED) is 0.767. The number of rotatable bonds is 5. The fourth-order valence-corrected chi connectivity index (χ4v) is 3.98. The average molecular weight is 331 g/mol. The Morgan fingerprint density at radius 2 is 1.88 bits per heavy atom. The highest BCUT2D eigenvalue weighted by Gasteiger charge is 2.33. The zero-order chi connectivity index (χ0) is 16.9. The van der Waals surface area contributed by atoms with Gasteiger partial charge >= 0.3 is 5.97 Å². The molecule has 132 valence electrons. The molecular weight excluding hydrogens is 302 g/mol. The van der Waals surface area contributed by atoms with Gasteiger partial charge in [-0.1, -0.05) is 6.42 Å². The molecule has 0 N–H and O–H groups in total. The second-order valence-corrected chi connectivity index (χ2v) is 7.29. The van der Waals surface area contributed by atoms with Gasteiger partial charge in [-0.2, -0.15) is 0 Å². The van der Waals surface area contributed by atoms with E-state index in [-0.39, 0.29) is 12.1 Å². The van der Waals surface area contributed by atoms with Crippen molar-refractivity contribution in [1.82, 2.24) is 4.90 Å². The van der Waals surface area contributed by atoms with Crippen LogP contribution in [0.2, 0.25) is 0 Å². The first-order valence-corrected chi connectivity index (χ1v) is 9.31. The number of piperidine rings is 2. The molecule has 0 saturated carbocycles. The number of hydrogen-bond acceptors (Lipinski definition) is 4. The molecule has 2 atom stereocenters. The summed E-state index contributed by atoms with van der Waals surface area (Å²) in [6, 6.07) is 7.85. The largest absolute Gasteiger partial charge is 0.491 e. The van der Waals surface area contributed by atoms with E-state index in [1.165, 1.54) is 45.2 Å². The summed E-state index contributed by atoms with van der Waals surface area (Å²) >= 11 is 0. The van der Waals surface area contributed by atoms with E-state index in [9.17, 15) is 4.79 Å². The smallest absolute Gasteiger partial charge is 0.338 e. The number of ether oxygens (including phenoxy) is 2. The molecule has 0 amide bonds. The molecule has 4 nitrogen and oxygen atoms in total. The zero-order valence-electron chi connectivity index (χ0n) is 14.9. The third kappa shape index (κ3) is 4.29. The number of esters is 1. The molecule has 2 saturated heterocycles. The number of carbonyl (C=O) groups is 1. The van der Waals surface area contributed by atoms with E-state index in [4.69, 9.17) is 9.47 Å². The second kappa shape index (κ2) is 8.02. The first-order valence-electron chi connectivity index (χ1n) is 9.31. The summed E-state index contributed by atoms with van der Waals surface area (Å²) in [6.45, 7) is 6.95. The van der Waals surface area contributed by atoms with Crippen LogP contribution < -0.4 is 4.74 Å². The van der Waals surface area contributed by atoms with Gasteiger partial charge in [-0.15, -0.1) is 0 Å². The minimum Gasteiger partial charge on any atom is -0.491 e. The van der Waals surface area contributed by atoms with Gasteiger partial charge in [0.2, 0.25) is 0 Å². The minimum absolute atomic E-state index is 0.132. The summed E-state index contributed by atoms with van der Waals surface area (Å²) in [4.78, 5) is 14.9. The molecule has 0 aliphatic carbocycles. The van der Waals surface area contributed by atoms with Crippen molar-refractivity contribution in [3.8, 4) is 5.75 Å². The highest BCUT2D eigenvalue weighted by molar-refractivity contribution is 5.89. The maximum Gasteiger partial charge on any atom is 0.338 e. The summed E-state index contributed by atoms with van der Waals surface area (Å²) in [6.07, 6.45) is 6.41. The lowest BCUT2D eigenvalue weighted by atomic mass is 9.84. The van der Waals surface area contributed by atoms with E-state index in [0.717, 1.165) is 5.75 Å². The van der Waals surface area contributed by atoms with Gasteiger partial charge in [-0.05, 0) is 76.9 Å². The fourth-order valence-electron chi connectivity index (χ4n) is 3.98. The number of benzene rings is 1. The Hall–Kier alpha value is -1.55. The monoisotopic (exact) mass is 331 g/mol. The highest BCUT2D eigenvalue weighted by atomic mass is 16.5. The highest BCUT2D eigenvalue weighted by Crippen LogP contribution is 2.31. The van der Waals surface area contributed by atoms with Crippen molar-refractivity contribution in [2.45, 2.75) is 58.1 Å². The predicted octanol–water partition coefficient (Wildman–Crippen LogP) is 3.90. The molecule has 0 spiro atoms. The lowest BCUT2D eigenvalue weighted by Gasteiger charge is -2.44. The van der Waals surface area contributed by atoms with Crippen molar-refractivity contribution >= 4 is 5.97 Å². The van der Waals surface area contributed by atoms with Crippen LogP contribution in [0.25, 0.3) is 0 Å². The molecule has 2 heterocycles. The van der Waals surface area contributed by atoms with Crippen molar-refractivity contribution < 1.29 is 14.3 Å². The van der Waals surface area contributed by atoms with E-state index in [1.807, 2.05) is 26.0 Å². The van der Waals surface area contributed by atoms with Crippen molar-refractivity contribution in [3.05, 3.63) is 29.8 Å². The molecule has 2 fully saturated rings. The summed E-state index contributed by atoms with van der Waals surface area (Å²) in [5.41, 5.74) is 0.599. The Labute approximate surface area is 145 Å². The maximum absolute atomic E-state index is 12.3. The van der Waals surface area contributed by atoms with Crippen molar-refractivity contribution in [2.75, 3.05) is 19.7 Å². The molecule has 3 rings (SSSR count). The van der Waals surface area contributed by atoms with E-state index >= 15 is 0 Å². The lowest BCUT2D eigenvalue weighted by Crippen LogP contribution is -2.49. The van der Waals surface area contributed by atoms with E-state index in [1.54, 1.807) is 12.1 Å². The molecule has 0 unspecified atom stereocenters. The average Bonchev–Trinajstić information content (AvgIpc) is 2.59. The summed E-state index contributed by atoms with van der Waals surface area (Å²) < 4.78 is 11.2. The number of fused-ring (bicyclic) bond motifs is 1. The van der Waals surface area contributed by atoms with Crippen LogP contribution in [0.1, 0.15) is 56.3 Å². The van der Waals surface area contributed by atoms with Crippen LogP contribution in [0.15, 0.2) is 24.3 Å². The molecular formula is C20H29NO3. The molecule has 0 bridgehead atoms. The molecule has 0 aromatic heterocycles. The lowest BCUT2D eigenvalue weighted by molar-refractivity contribution is 0.00739. The maximum atomic E-state index is 12.3. The third-order valence-corrected chi connectivity index (χ3v) is 5.12. The normalized spacial score (nSPS) is 24.5. The van der Waals surface area contributed by atoms with Crippen molar-refractivity contribution in [2.24, 2.45) is 5.92 Å². The van der Waals surface area contributed by atoms with Gasteiger partial charge in [0.1, 0.15) is 5.75 Å². The van der Waals surface area contributed by atoms with Crippen LogP contribution >= 0.6 is 0 Å². The predicted molar refractivity (Wildman–Crippen MR) is 94.4 cm³/mol. The van der Waals surface area contributed by atoms with Gasteiger partial charge < -0.3 is 9.47 Å². The summed E-state index contributed by atoms with van der Waals surface area (Å²) in [5.74, 6) is 1.05. The Kier molecular flexibility index (Phi) is 5.77. The molecule has 0 radical (unpaired) electrons. The van der Waals surface area contributed by atoms with Crippen LogP contribution in [0.4, 0.5) is 0 Å². The van der Waals surface area contributed by atoms with Crippen LogP contribution in [-0.2, 0) is 4.74 Å². The Morgan fingerprint density at radius 1 is 1.12 bits per heavy atom. The van der Waals surface area contributed by atoms with Crippen LogP contribution in [0.3, 0.4) is 0 Å². The van der Waals surface area contributed by atoms with E-state index in [0.29, 0.717) is 24.1 Å². The molecule has 4 heteroatoms. The van der Waals surface area contributed by atoms with Gasteiger partial charge in [0.15, 0.2) is 0 Å². The Morgan fingerprint density at radius 3 is 2.62 bits per heavy atom. The van der Waals surface area contributed by atoms with Gasteiger partial charge in [-0.25, -0.2) is 4.79 Å². The van der Waals surface area contributed by atoms with Crippen molar-refractivity contribution in [3.63, 3.8) is 0 Å². The van der Waals surface area contributed by atoms with Crippen LogP contribution in [-0.4, -0.2) is 42.7 Å². The van der Waals surface area contributed by atoms with E-state index < -0.39 is 0 Å². The number of nitrogens with zero attached hydrogens (tertiary/aromatic N) is 1. The third-order valence-electron chi connectivity index (χ3n) is 5.12. The van der Waals surface area contributed by atoms with E-state index in [2.05, 4.69) is 4.90 Å². The van der Waals surface area contributed by atoms with Crippen LogP contribution in [0, 0.1) is 5.92 Å². The zero-order valence-corrected chi connectivity index (χ0v) is 14.9. The molecule has 24 heavy (non-hydrogen) atoms. The minimum atomic E-state index is -0.223. The first kappa shape index (κ1) is 17.3. The Balaban J connectivity index is 1.53. The molecule has 1 aromatic rings. The second-order valence-electron chi connectivity index (χ2n) is 7.29. The SMILES string of the molecule is CC(C)Oc1ccc(C(=O)OC[C@@H]2CCCN3CCCC[C@H]23)cc1. The van der Waals surface area contributed by atoms with Crippen molar-refractivity contribution in [1.29, 1.82) is 0 Å². The number of hydrogen-bond donors (Lipinski definition) is 0. The van der Waals surface area contributed by atoms with Gasteiger partial charge in [0, 0.05) is 12.0 Å². The fraction of sp³-hybridized carbons (Fsp3) is 0.650. The molecule has 2 aliphatic heterocycles. The van der Waals surface area contributed by atoms with Gasteiger partial charge in [0.05, 0.1) is 18.3 Å². The van der Waals surface area contributed by atoms with Crippen LogP contribution in [0.5, 0.6) is 5.75 Å². The standard InChI is InChI=1S/C20H29NO3/c1-15(2)24-18-10-8-16(9-11-18)20(22)23-14-17-6-5-13-21-12-4-3-7-19(17)21/h8-11,15,17,19H,3-7,12-14H2,1-2H3/t17-,19+/m0/s1. The topological polar surface area (TPSA) is 38.8 Å². The number of carbonyl (C=O) groups excluding carboxylic acids is 1. The Bertz CT molecular complexity index is 538. The summed E-state index contributed by atoms with van der Waals surface area (Å²) in [5, 5.41) is 0.